The number of carbonyl (C=O) groups is 1. The van der Waals surface area contributed by atoms with Gasteiger partial charge in [0, 0.05) is 21.7 Å². The summed E-state index contributed by atoms with van der Waals surface area (Å²) >= 11 is 12.3. The van der Waals surface area contributed by atoms with Gasteiger partial charge in [-0.05, 0) is 42.2 Å². The Morgan fingerprint density at radius 2 is 1.89 bits per heavy atom. The second kappa shape index (κ2) is 9.13. The van der Waals surface area contributed by atoms with Crippen molar-refractivity contribution in [1.82, 2.24) is 10.5 Å². The molecule has 0 saturated carbocycles. The van der Waals surface area contributed by atoms with E-state index in [1.807, 2.05) is 30.3 Å². The normalized spacial score (nSPS) is 12.0. The molecule has 5 nitrogen and oxygen atoms in total. The van der Waals surface area contributed by atoms with Crippen LogP contribution in [0.25, 0.3) is 11.1 Å². The third-order valence-electron chi connectivity index (χ3n) is 4.40. The van der Waals surface area contributed by atoms with Crippen molar-refractivity contribution in [3.8, 4) is 11.1 Å². The third kappa shape index (κ3) is 5.06. The van der Waals surface area contributed by atoms with Crippen LogP contribution in [-0.2, 0) is 6.42 Å². The van der Waals surface area contributed by atoms with Gasteiger partial charge in [-0.25, -0.2) is 0 Å². The summed E-state index contributed by atoms with van der Waals surface area (Å²) in [4.78, 5) is 23.4. The van der Waals surface area contributed by atoms with E-state index in [2.05, 4.69) is 17.4 Å². The van der Waals surface area contributed by atoms with Gasteiger partial charge in [0.1, 0.15) is 0 Å². The van der Waals surface area contributed by atoms with Gasteiger partial charge in [-0.2, -0.15) is 5.16 Å². The zero-order valence-electron chi connectivity index (χ0n) is 15.3. The summed E-state index contributed by atoms with van der Waals surface area (Å²) < 4.78 is 4.87. The van der Waals surface area contributed by atoms with Crippen molar-refractivity contribution in [2.45, 2.75) is 32.2 Å². The lowest BCUT2D eigenvalue weighted by molar-refractivity contribution is 0.0897. The first-order valence-corrected chi connectivity index (χ1v) is 9.75. The Labute approximate surface area is 172 Å². The van der Waals surface area contributed by atoms with Crippen LogP contribution in [0.4, 0.5) is 0 Å². The van der Waals surface area contributed by atoms with E-state index in [4.69, 9.17) is 27.7 Å². The lowest BCUT2D eigenvalue weighted by Gasteiger charge is -2.17. The van der Waals surface area contributed by atoms with Crippen molar-refractivity contribution in [3.05, 3.63) is 80.3 Å². The molecule has 1 aromatic heterocycles. The molecule has 7 heteroatoms. The Kier molecular flexibility index (Phi) is 6.60. The molecule has 2 aromatic carbocycles. The van der Waals surface area contributed by atoms with Gasteiger partial charge in [-0.1, -0.05) is 60.8 Å². The van der Waals surface area contributed by atoms with Crippen LogP contribution < -0.4 is 10.9 Å². The highest BCUT2D eigenvalue weighted by molar-refractivity contribution is 6.35. The van der Waals surface area contributed by atoms with Crippen molar-refractivity contribution in [3.63, 3.8) is 0 Å². The molecule has 1 amide bonds. The van der Waals surface area contributed by atoms with Crippen LogP contribution in [0, 0.1) is 0 Å². The second-order valence-electron chi connectivity index (χ2n) is 6.56. The summed E-state index contributed by atoms with van der Waals surface area (Å²) in [5.41, 5.74) is 2.49. The van der Waals surface area contributed by atoms with Crippen molar-refractivity contribution >= 4 is 29.1 Å². The molecule has 0 aliphatic rings. The summed E-state index contributed by atoms with van der Waals surface area (Å²) in [5.74, 6) is -0.420. The van der Waals surface area contributed by atoms with Gasteiger partial charge in [-0.3, -0.25) is 9.59 Å². The van der Waals surface area contributed by atoms with Gasteiger partial charge >= 0.3 is 0 Å². The number of H-pyrrole nitrogens is 1. The molecule has 0 saturated heterocycles. The Morgan fingerprint density at radius 1 is 1.14 bits per heavy atom. The third-order valence-corrected chi connectivity index (χ3v) is 4.96. The van der Waals surface area contributed by atoms with E-state index in [1.54, 1.807) is 12.1 Å². The van der Waals surface area contributed by atoms with E-state index in [-0.39, 0.29) is 11.8 Å². The van der Waals surface area contributed by atoms with E-state index in [9.17, 15) is 9.59 Å². The Bertz CT molecular complexity index is 1010. The zero-order chi connectivity index (χ0) is 20.1. The highest BCUT2D eigenvalue weighted by Crippen LogP contribution is 2.30. The molecule has 28 heavy (non-hydrogen) atoms. The van der Waals surface area contributed by atoms with Crippen LogP contribution in [0.15, 0.2) is 57.8 Å². The molecule has 0 unspecified atom stereocenters. The van der Waals surface area contributed by atoms with Crippen molar-refractivity contribution < 1.29 is 9.32 Å². The maximum absolute atomic E-state index is 12.3. The van der Waals surface area contributed by atoms with Gasteiger partial charge in [0.25, 0.3) is 11.5 Å². The molecule has 146 valence electrons. The molecule has 0 aliphatic carbocycles. The maximum atomic E-state index is 12.3. The Morgan fingerprint density at radius 3 is 2.54 bits per heavy atom. The standard InChI is InChI=1S/C21H20Cl2N2O3/c1-2-3-16(24-21(27)19-12-20(26)25-28-19)10-13-4-6-14(7-5-13)17-11-15(22)8-9-18(17)23/h4-9,11-12,16H,2-3,10H2,1H3,(H,24,27)(H,25,26)/t16-/m0/s1. The molecule has 3 aromatic rings. The fourth-order valence-corrected chi connectivity index (χ4v) is 3.45. The lowest BCUT2D eigenvalue weighted by Crippen LogP contribution is -2.36. The number of aromatic nitrogens is 1. The molecule has 2 N–H and O–H groups in total. The molecule has 1 atom stereocenters. The minimum Gasteiger partial charge on any atom is -0.373 e. The molecular formula is C21H20Cl2N2O3. The number of benzene rings is 2. The fraction of sp³-hybridized carbons (Fsp3) is 0.238. The summed E-state index contributed by atoms with van der Waals surface area (Å²) in [5, 5.41) is 6.32. The number of rotatable bonds is 7. The number of halogens is 2. The Balaban J connectivity index is 1.72. The topological polar surface area (TPSA) is 75.1 Å². The first-order valence-electron chi connectivity index (χ1n) is 9.00. The quantitative estimate of drug-likeness (QED) is 0.561. The predicted molar refractivity (Wildman–Crippen MR) is 111 cm³/mol. The van der Waals surface area contributed by atoms with Crippen LogP contribution in [0.1, 0.15) is 35.9 Å². The summed E-state index contributed by atoms with van der Waals surface area (Å²) in [6.07, 6.45) is 2.39. The summed E-state index contributed by atoms with van der Waals surface area (Å²) in [6, 6.07) is 14.4. The molecule has 3 rings (SSSR count). The molecule has 0 spiro atoms. The molecular weight excluding hydrogens is 399 g/mol. The number of aromatic amines is 1. The summed E-state index contributed by atoms with van der Waals surface area (Å²) in [6.45, 7) is 2.06. The minimum absolute atomic E-state index is 0.0166. The first-order chi connectivity index (χ1) is 13.5. The largest absolute Gasteiger partial charge is 0.373 e. The minimum atomic E-state index is -0.438. The maximum Gasteiger partial charge on any atom is 0.290 e. The van der Waals surface area contributed by atoms with Crippen LogP contribution in [0.3, 0.4) is 0 Å². The van der Waals surface area contributed by atoms with Crippen LogP contribution >= 0.6 is 23.2 Å². The van der Waals surface area contributed by atoms with Crippen molar-refractivity contribution in [1.29, 1.82) is 0 Å². The first kappa shape index (κ1) is 20.2. The van der Waals surface area contributed by atoms with Crippen molar-refractivity contribution in [2.75, 3.05) is 0 Å². The molecule has 0 aliphatic heterocycles. The van der Waals surface area contributed by atoms with Crippen LogP contribution in [-0.4, -0.2) is 17.1 Å². The summed E-state index contributed by atoms with van der Waals surface area (Å²) in [7, 11) is 0. The average molecular weight is 419 g/mol. The van der Waals surface area contributed by atoms with Gasteiger partial charge < -0.3 is 9.84 Å². The average Bonchev–Trinajstić information content (AvgIpc) is 3.11. The van der Waals surface area contributed by atoms with E-state index in [0.717, 1.165) is 35.6 Å². The number of amides is 1. The van der Waals surface area contributed by atoms with Crippen LogP contribution in [0.2, 0.25) is 10.0 Å². The number of hydrogen-bond donors (Lipinski definition) is 2. The zero-order valence-corrected chi connectivity index (χ0v) is 16.8. The van der Waals surface area contributed by atoms with E-state index < -0.39 is 11.5 Å². The second-order valence-corrected chi connectivity index (χ2v) is 7.40. The van der Waals surface area contributed by atoms with Gasteiger partial charge in [-0.15, -0.1) is 0 Å². The molecule has 0 bridgehead atoms. The lowest BCUT2D eigenvalue weighted by atomic mass is 9.98. The van der Waals surface area contributed by atoms with Gasteiger partial charge in [0.15, 0.2) is 0 Å². The van der Waals surface area contributed by atoms with E-state index in [1.165, 1.54) is 0 Å². The Hall–Kier alpha value is -2.50. The van der Waals surface area contributed by atoms with Crippen molar-refractivity contribution in [2.24, 2.45) is 0 Å². The van der Waals surface area contributed by atoms with Gasteiger partial charge in [0.2, 0.25) is 5.76 Å². The smallest absolute Gasteiger partial charge is 0.290 e. The number of hydrogen-bond acceptors (Lipinski definition) is 3. The fourth-order valence-electron chi connectivity index (χ4n) is 3.05. The van der Waals surface area contributed by atoms with Gasteiger partial charge in [0.05, 0.1) is 6.07 Å². The molecule has 1 heterocycles. The number of nitrogens with one attached hydrogen (secondary N) is 2. The highest BCUT2D eigenvalue weighted by atomic mass is 35.5. The number of carbonyl (C=O) groups excluding carboxylic acids is 1. The SMILES string of the molecule is CCC[C@@H](Cc1ccc(-c2cc(Cl)ccc2Cl)cc1)NC(=O)c1cc(=O)[nH]o1. The molecule has 0 fully saturated rings. The predicted octanol–water partition coefficient (Wildman–Crippen LogP) is 5.08. The van der Waals surface area contributed by atoms with Crippen LogP contribution in [0.5, 0.6) is 0 Å². The monoisotopic (exact) mass is 418 g/mol. The molecule has 0 radical (unpaired) electrons. The van der Waals surface area contributed by atoms with E-state index in [0.29, 0.717) is 16.5 Å². The van der Waals surface area contributed by atoms with E-state index >= 15 is 0 Å². The highest BCUT2D eigenvalue weighted by Gasteiger charge is 2.17.